The Labute approximate surface area is 131 Å². The Balaban J connectivity index is 3.18. The van der Waals surface area contributed by atoms with Gasteiger partial charge in [0.15, 0.2) is 0 Å². The Morgan fingerprint density at radius 1 is 0.762 bits per heavy atom. The normalized spacial score (nSPS) is 11.5. The van der Waals surface area contributed by atoms with E-state index in [0.717, 1.165) is 12.8 Å². The van der Waals surface area contributed by atoms with E-state index in [4.69, 9.17) is 0 Å². The molecule has 2 nitrogen and oxygen atoms in total. The third-order valence-corrected chi connectivity index (χ3v) is 3.54. The molecule has 0 amide bonds. The molecule has 0 aliphatic carbocycles. The summed E-state index contributed by atoms with van der Waals surface area (Å²) in [6, 6.07) is 0. The highest BCUT2D eigenvalue weighted by atomic mass is 16.5. The Hall–Kier alpha value is -1.05. The van der Waals surface area contributed by atoms with Crippen LogP contribution in [0.3, 0.4) is 0 Å². The van der Waals surface area contributed by atoms with Gasteiger partial charge in [-0.15, -0.1) is 0 Å². The molecule has 0 spiro atoms. The minimum atomic E-state index is -0.0818. The van der Waals surface area contributed by atoms with Crippen molar-refractivity contribution in [1.82, 2.24) is 0 Å². The molecule has 0 saturated heterocycles. The monoisotopic (exact) mass is 294 g/mol. The molecule has 0 saturated carbocycles. The maximum Gasteiger partial charge on any atom is 0.305 e. The van der Waals surface area contributed by atoms with Crippen LogP contribution in [0.2, 0.25) is 0 Å². The fourth-order valence-electron chi connectivity index (χ4n) is 2.15. The highest BCUT2D eigenvalue weighted by molar-refractivity contribution is 5.68. The molecule has 0 N–H and O–H groups in total. The van der Waals surface area contributed by atoms with E-state index in [1.807, 2.05) is 0 Å². The van der Waals surface area contributed by atoms with Crippen molar-refractivity contribution in [3.8, 4) is 0 Å². The molecule has 0 aromatic heterocycles. The fraction of sp³-hybridized carbons (Fsp3) is 0.737. The van der Waals surface area contributed by atoms with E-state index in [0.29, 0.717) is 6.42 Å². The van der Waals surface area contributed by atoms with E-state index in [1.165, 1.54) is 64.9 Å². The Kier molecular flexibility index (Phi) is 16.2. The summed E-state index contributed by atoms with van der Waals surface area (Å²) in [7, 11) is 1.45. The predicted molar refractivity (Wildman–Crippen MR) is 91.4 cm³/mol. The van der Waals surface area contributed by atoms with Crippen LogP contribution in [0.4, 0.5) is 0 Å². The number of esters is 1. The van der Waals surface area contributed by atoms with Gasteiger partial charge in [0.25, 0.3) is 0 Å². The standard InChI is InChI=1S/C19H34O2/c1-3-4-5-6-7-8-9-10-11-12-13-14-15-16-17-18-19(20)21-2/h6-7,10-11H,3-5,8-9,12-18H2,1-2H3/b7-6?,11-10+. The summed E-state index contributed by atoms with van der Waals surface area (Å²) in [6.07, 6.45) is 23.0. The van der Waals surface area contributed by atoms with Gasteiger partial charge < -0.3 is 4.74 Å². The van der Waals surface area contributed by atoms with E-state index >= 15 is 0 Å². The molecule has 2 heteroatoms. The summed E-state index contributed by atoms with van der Waals surface area (Å²) in [5.41, 5.74) is 0. The number of hydrogen-bond acceptors (Lipinski definition) is 2. The number of rotatable bonds is 14. The molecule has 122 valence electrons. The van der Waals surface area contributed by atoms with Gasteiger partial charge in [0, 0.05) is 6.42 Å². The van der Waals surface area contributed by atoms with Crippen LogP contribution in [0.15, 0.2) is 24.3 Å². The van der Waals surface area contributed by atoms with Crippen LogP contribution in [0.25, 0.3) is 0 Å². The van der Waals surface area contributed by atoms with E-state index < -0.39 is 0 Å². The molecular formula is C19H34O2. The first-order valence-electron chi connectivity index (χ1n) is 8.68. The average Bonchev–Trinajstić information content (AvgIpc) is 2.50. The lowest BCUT2D eigenvalue weighted by Gasteiger charge is -2.00. The molecule has 0 aromatic carbocycles. The topological polar surface area (TPSA) is 26.3 Å². The van der Waals surface area contributed by atoms with Crippen molar-refractivity contribution < 1.29 is 9.53 Å². The lowest BCUT2D eigenvalue weighted by molar-refractivity contribution is -0.140. The summed E-state index contributed by atoms with van der Waals surface area (Å²) in [6.45, 7) is 2.23. The molecule has 0 fully saturated rings. The van der Waals surface area contributed by atoms with E-state index in [9.17, 15) is 4.79 Å². The molecular weight excluding hydrogens is 260 g/mol. The average molecular weight is 294 g/mol. The summed E-state index contributed by atoms with van der Waals surface area (Å²) < 4.78 is 4.62. The largest absolute Gasteiger partial charge is 0.469 e. The van der Waals surface area contributed by atoms with E-state index in [2.05, 4.69) is 36.0 Å². The molecule has 0 bridgehead atoms. The summed E-state index contributed by atoms with van der Waals surface area (Å²) >= 11 is 0. The van der Waals surface area contributed by atoms with Crippen molar-refractivity contribution in [3.63, 3.8) is 0 Å². The molecule has 21 heavy (non-hydrogen) atoms. The Bertz CT molecular complexity index is 279. The van der Waals surface area contributed by atoms with Crippen LogP contribution in [-0.2, 0) is 9.53 Å². The zero-order chi connectivity index (χ0) is 15.6. The highest BCUT2D eigenvalue weighted by Gasteiger charge is 1.98. The number of carbonyl (C=O) groups excluding carboxylic acids is 1. The second-order valence-corrected chi connectivity index (χ2v) is 5.54. The van der Waals surface area contributed by atoms with Gasteiger partial charge in [-0.3, -0.25) is 4.79 Å². The summed E-state index contributed by atoms with van der Waals surface area (Å²) in [5, 5.41) is 0. The van der Waals surface area contributed by atoms with Gasteiger partial charge in [-0.25, -0.2) is 0 Å². The van der Waals surface area contributed by atoms with Crippen molar-refractivity contribution in [2.45, 2.75) is 84.0 Å². The quantitative estimate of drug-likeness (QED) is 0.224. The van der Waals surface area contributed by atoms with Gasteiger partial charge in [-0.05, 0) is 38.5 Å². The molecule has 0 atom stereocenters. The number of methoxy groups -OCH3 is 1. The predicted octanol–water partition coefficient (Wildman–Crippen LogP) is 5.97. The van der Waals surface area contributed by atoms with Crippen molar-refractivity contribution in [2.75, 3.05) is 7.11 Å². The number of unbranched alkanes of at least 4 members (excludes halogenated alkanes) is 8. The second kappa shape index (κ2) is 17.0. The number of ether oxygens (including phenoxy) is 1. The first-order chi connectivity index (χ1) is 10.3. The van der Waals surface area contributed by atoms with Gasteiger partial charge in [-0.1, -0.05) is 63.3 Å². The molecule has 0 radical (unpaired) electrons. The van der Waals surface area contributed by atoms with Crippen LogP contribution in [0.5, 0.6) is 0 Å². The smallest absolute Gasteiger partial charge is 0.305 e. The van der Waals surface area contributed by atoms with Gasteiger partial charge in [0.2, 0.25) is 0 Å². The molecule has 0 aliphatic rings. The fourth-order valence-corrected chi connectivity index (χ4v) is 2.15. The van der Waals surface area contributed by atoms with Gasteiger partial charge >= 0.3 is 5.97 Å². The van der Waals surface area contributed by atoms with E-state index in [1.54, 1.807) is 0 Å². The minimum Gasteiger partial charge on any atom is -0.469 e. The van der Waals surface area contributed by atoms with Crippen molar-refractivity contribution >= 4 is 5.97 Å². The van der Waals surface area contributed by atoms with Crippen LogP contribution < -0.4 is 0 Å². The van der Waals surface area contributed by atoms with Crippen LogP contribution in [0, 0.1) is 0 Å². The Morgan fingerprint density at radius 3 is 1.90 bits per heavy atom. The zero-order valence-electron chi connectivity index (χ0n) is 14.1. The maximum atomic E-state index is 10.9. The number of allylic oxidation sites excluding steroid dienone is 4. The molecule has 0 aliphatic heterocycles. The molecule has 0 aromatic rings. The van der Waals surface area contributed by atoms with Gasteiger partial charge in [0.1, 0.15) is 0 Å². The zero-order valence-corrected chi connectivity index (χ0v) is 14.1. The third kappa shape index (κ3) is 16.9. The number of carbonyl (C=O) groups is 1. The van der Waals surface area contributed by atoms with E-state index in [-0.39, 0.29) is 5.97 Å². The first kappa shape index (κ1) is 19.9. The summed E-state index contributed by atoms with van der Waals surface area (Å²) in [5.74, 6) is -0.0818. The van der Waals surface area contributed by atoms with Crippen molar-refractivity contribution in [1.29, 1.82) is 0 Å². The Morgan fingerprint density at radius 2 is 1.29 bits per heavy atom. The molecule has 0 rings (SSSR count). The molecule has 0 heterocycles. The van der Waals surface area contributed by atoms with Gasteiger partial charge in [0.05, 0.1) is 7.11 Å². The van der Waals surface area contributed by atoms with Gasteiger partial charge in [-0.2, -0.15) is 0 Å². The maximum absolute atomic E-state index is 10.9. The van der Waals surface area contributed by atoms with Crippen molar-refractivity contribution in [3.05, 3.63) is 24.3 Å². The molecule has 0 unspecified atom stereocenters. The third-order valence-electron chi connectivity index (χ3n) is 3.54. The number of hydrogen-bond donors (Lipinski definition) is 0. The minimum absolute atomic E-state index is 0.0818. The summed E-state index contributed by atoms with van der Waals surface area (Å²) in [4.78, 5) is 10.9. The van der Waals surface area contributed by atoms with Crippen LogP contribution in [0.1, 0.15) is 84.0 Å². The lowest BCUT2D eigenvalue weighted by Crippen LogP contribution is -1.98. The SMILES string of the molecule is CCCCC=CCC/C=C/CCCCCCCC(=O)OC. The van der Waals surface area contributed by atoms with Crippen LogP contribution >= 0.6 is 0 Å². The first-order valence-corrected chi connectivity index (χ1v) is 8.68. The van der Waals surface area contributed by atoms with Crippen LogP contribution in [-0.4, -0.2) is 13.1 Å². The second-order valence-electron chi connectivity index (χ2n) is 5.54. The highest BCUT2D eigenvalue weighted by Crippen LogP contribution is 2.08. The van der Waals surface area contributed by atoms with Crippen molar-refractivity contribution in [2.24, 2.45) is 0 Å². The lowest BCUT2D eigenvalue weighted by atomic mass is 10.1.